The summed E-state index contributed by atoms with van der Waals surface area (Å²) in [6.07, 6.45) is 0.0775. The van der Waals surface area contributed by atoms with Gasteiger partial charge in [0, 0.05) is 6.54 Å². The lowest BCUT2D eigenvalue weighted by Gasteiger charge is -2.15. The molecular formula is C20H26N2O4. The van der Waals surface area contributed by atoms with Crippen LogP contribution in [-0.4, -0.2) is 31.4 Å². The van der Waals surface area contributed by atoms with Crippen molar-refractivity contribution in [3.63, 3.8) is 0 Å². The predicted molar refractivity (Wildman–Crippen MR) is 102 cm³/mol. The van der Waals surface area contributed by atoms with Gasteiger partial charge >= 0.3 is 6.03 Å². The highest BCUT2D eigenvalue weighted by Gasteiger charge is 2.12. The molecule has 1 unspecified atom stereocenters. The average Bonchev–Trinajstić information content (AvgIpc) is 2.66. The van der Waals surface area contributed by atoms with E-state index in [1.807, 2.05) is 26.0 Å². The minimum Gasteiger partial charge on any atom is -0.497 e. The van der Waals surface area contributed by atoms with Gasteiger partial charge in [0.25, 0.3) is 0 Å². The summed E-state index contributed by atoms with van der Waals surface area (Å²) >= 11 is 0. The van der Waals surface area contributed by atoms with Crippen LogP contribution in [0.2, 0.25) is 0 Å². The van der Waals surface area contributed by atoms with E-state index in [9.17, 15) is 9.90 Å². The number of carbonyl (C=O) groups is 1. The maximum absolute atomic E-state index is 12.2. The number of nitrogens with one attached hydrogen (secondary N) is 2. The Bertz CT molecular complexity index is 716. The van der Waals surface area contributed by atoms with Crippen LogP contribution in [0.4, 0.5) is 10.5 Å². The Balaban J connectivity index is 1.91. The van der Waals surface area contributed by atoms with Gasteiger partial charge in [-0.3, -0.25) is 0 Å². The summed E-state index contributed by atoms with van der Waals surface area (Å²) in [6.45, 7) is 4.66. The monoisotopic (exact) mass is 358 g/mol. The van der Waals surface area contributed by atoms with Gasteiger partial charge in [0.2, 0.25) is 0 Å². The van der Waals surface area contributed by atoms with E-state index in [1.165, 1.54) is 0 Å². The summed E-state index contributed by atoms with van der Waals surface area (Å²) in [7, 11) is 1.58. The number of anilines is 1. The molecule has 6 heteroatoms. The standard InChI is InChI=1S/C20H26N2O4/c1-4-11-26-19-12-14(2)5-10-17(19)22-20(24)21-13-18(23)15-6-8-16(25-3)9-7-15/h5-10,12,18,23H,4,11,13H2,1-3H3,(H2,21,22,24). The summed E-state index contributed by atoms with van der Waals surface area (Å²) in [6, 6.07) is 12.3. The summed E-state index contributed by atoms with van der Waals surface area (Å²) in [4.78, 5) is 12.2. The highest BCUT2D eigenvalue weighted by atomic mass is 16.5. The molecule has 0 saturated carbocycles. The van der Waals surface area contributed by atoms with Crippen LogP contribution in [-0.2, 0) is 0 Å². The van der Waals surface area contributed by atoms with Crippen LogP contribution in [0.5, 0.6) is 11.5 Å². The zero-order valence-corrected chi connectivity index (χ0v) is 15.4. The van der Waals surface area contributed by atoms with Crippen molar-refractivity contribution in [3.05, 3.63) is 53.6 Å². The summed E-state index contributed by atoms with van der Waals surface area (Å²) in [5.74, 6) is 1.35. The highest BCUT2D eigenvalue weighted by molar-refractivity contribution is 5.91. The lowest BCUT2D eigenvalue weighted by Crippen LogP contribution is -2.32. The first-order valence-corrected chi connectivity index (χ1v) is 8.63. The predicted octanol–water partition coefficient (Wildman–Crippen LogP) is 3.65. The van der Waals surface area contributed by atoms with Crippen molar-refractivity contribution in [2.75, 3.05) is 25.6 Å². The number of aryl methyl sites for hydroxylation is 1. The van der Waals surface area contributed by atoms with Crippen molar-refractivity contribution in [1.82, 2.24) is 5.32 Å². The van der Waals surface area contributed by atoms with Crippen molar-refractivity contribution in [2.24, 2.45) is 0 Å². The van der Waals surface area contributed by atoms with Crippen molar-refractivity contribution in [2.45, 2.75) is 26.4 Å². The maximum atomic E-state index is 12.2. The number of carbonyl (C=O) groups excluding carboxylic acids is 1. The number of hydrogen-bond donors (Lipinski definition) is 3. The first kappa shape index (κ1) is 19.6. The van der Waals surface area contributed by atoms with E-state index in [1.54, 1.807) is 37.4 Å². The highest BCUT2D eigenvalue weighted by Crippen LogP contribution is 2.26. The lowest BCUT2D eigenvalue weighted by atomic mass is 10.1. The molecule has 3 N–H and O–H groups in total. The van der Waals surface area contributed by atoms with E-state index in [2.05, 4.69) is 10.6 Å². The van der Waals surface area contributed by atoms with Crippen LogP contribution in [0, 0.1) is 6.92 Å². The van der Waals surface area contributed by atoms with Gasteiger partial charge in [0.15, 0.2) is 0 Å². The molecular weight excluding hydrogens is 332 g/mol. The van der Waals surface area contributed by atoms with E-state index in [4.69, 9.17) is 9.47 Å². The second-order valence-electron chi connectivity index (χ2n) is 5.97. The number of ether oxygens (including phenoxy) is 2. The minimum atomic E-state index is -0.805. The molecule has 0 aromatic heterocycles. The second kappa shape index (κ2) is 9.68. The molecule has 0 bridgehead atoms. The zero-order chi connectivity index (χ0) is 18.9. The SMILES string of the molecule is CCCOc1cc(C)ccc1NC(=O)NCC(O)c1ccc(OC)cc1. The molecule has 0 aliphatic rings. The summed E-state index contributed by atoms with van der Waals surface area (Å²) in [5.41, 5.74) is 2.35. The Kier molecular flexibility index (Phi) is 7.29. The Morgan fingerprint density at radius 1 is 1.19 bits per heavy atom. The Morgan fingerprint density at radius 2 is 1.92 bits per heavy atom. The number of benzene rings is 2. The molecule has 1 atom stereocenters. The van der Waals surface area contributed by atoms with E-state index < -0.39 is 12.1 Å². The van der Waals surface area contributed by atoms with Crippen LogP contribution < -0.4 is 20.1 Å². The maximum Gasteiger partial charge on any atom is 0.319 e. The van der Waals surface area contributed by atoms with Gasteiger partial charge < -0.3 is 25.2 Å². The largest absolute Gasteiger partial charge is 0.497 e. The molecule has 2 rings (SSSR count). The Hall–Kier alpha value is -2.73. The Labute approximate surface area is 154 Å². The molecule has 0 spiro atoms. The molecule has 2 aromatic carbocycles. The van der Waals surface area contributed by atoms with Gasteiger partial charge in [0.1, 0.15) is 11.5 Å². The lowest BCUT2D eigenvalue weighted by molar-refractivity contribution is 0.175. The van der Waals surface area contributed by atoms with Gasteiger partial charge in [-0.15, -0.1) is 0 Å². The molecule has 0 radical (unpaired) electrons. The topological polar surface area (TPSA) is 79.8 Å². The fourth-order valence-electron chi connectivity index (χ4n) is 2.36. The van der Waals surface area contributed by atoms with E-state index in [0.29, 0.717) is 29.4 Å². The molecule has 0 aliphatic heterocycles. The molecule has 6 nitrogen and oxygen atoms in total. The van der Waals surface area contributed by atoms with Gasteiger partial charge in [0.05, 0.1) is 25.5 Å². The van der Waals surface area contributed by atoms with Crippen LogP contribution in [0.1, 0.15) is 30.6 Å². The number of urea groups is 1. The van der Waals surface area contributed by atoms with Crippen molar-refractivity contribution in [3.8, 4) is 11.5 Å². The third-order valence-electron chi connectivity index (χ3n) is 3.80. The van der Waals surface area contributed by atoms with Crippen molar-refractivity contribution >= 4 is 11.7 Å². The number of aliphatic hydroxyl groups excluding tert-OH is 1. The van der Waals surface area contributed by atoms with Crippen LogP contribution >= 0.6 is 0 Å². The van der Waals surface area contributed by atoms with Crippen molar-refractivity contribution < 1.29 is 19.4 Å². The smallest absolute Gasteiger partial charge is 0.319 e. The fourth-order valence-corrected chi connectivity index (χ4v) is 2.36. The van der Waals surface area contributed by atoms with Crippen LogP contribution in [0.25, 0.3) is 0 Å². The molecule has 0 saturated heterocycles. The molecule has 0 aliphatic carbocycles. The number of aliphatic hydroxyl groups is 1. The normalized spacial score (nSPS) is 11.5. The second-order valence-corrected chi connectivity index (χ2v) is 5.97. The first-order valence-electron chi connectivity index (χ1n) is 8.63. The summed E-state index contributed by atoms with van der Waals surface area (Å²) in [5, 5.41) is 15.6. The number of hydrogen-bond acceptors (Lipinski definition) is 4. The molecule has 0 heterocycles. The van der Waals surface area contributed by atoms with Crippen LogP contribution in [0.3, 0.4) is 0 Å². The van der Waals surface area contributed by atoms with Crippen LogP contribution in [0.15, 0.2) is 42.5 Å². The van der Waals surface area contributed by atoms with Gasteiger partial charge in [-0.25, -0.2) is 4.79 Å². The molecule has 2 aromatic rings. The van der Waals surface area contributed by atoms with E-state index in [0.717, 1.165) is 12.0 Å². The fraction of sp³-hybridized carbons (Fsp3) is 0.350. The average molecular weight is 358 g/mol. The summed E-state index contributed by atoms with van der Waals surface area (Å²) < 4.78 is 10.8. The number of methoxy groups -OCH3 is 1. The zero-order valence-electron chi connectivity index (χ0n) is 15.4. The van der Waals surface area contributed by atoms with Gasteiger partial charge in [-0.2, -0.15) is 0 Å². The third-order valence-corrected chi connectivity index (χ3v) is 3.80. The minimum absolute atomic E-state index is 0.0924. The third kappa shape index (κ3) is 5.67. The first-order chi connectivity index (χ1) is 12.5. The van der Waals surface area contributed by atoms with Crippen molar-refractivity contribution in [1.29, 1.82) is 0 Å². The van der Waals surface area contributed by atoms with Gasteiger partial charge in [-0.1, -0.05) is 25.1 Å². The quantitative estimate of drug-likeness (QED) is 0.673. The van der Waals surface area contributed by atoms with E-state index >= 15 is 0 Å². The molecule has 0 fully saturated rings. The molecule has 26 heavy (non-hydrogen) atoms. The molecule has 140 valence electrons. The van der Waals surface area contributed by atoms with Gasteiger partial charge in [-0.05, 0) is 48.7 Å². The Morgan fingerprint density at radius 3 is 2.58 bits per heavy atom. The number of amides is 2. The van der Waals surface area contributed by atoms with E-state index in [-0.39, 0.29) is 6.54 Å². The molecule has 2 amide bonds. The number of rotatable bonds is 8.